The summed E-state index contributed by atoms with van der Waals surface area (Å²) in [6, 6.07) is 17.9. The minimum atomic E-state index is 0.0571. The zero-order valence-electron chi connectivity index (χ0n) is 10.7. The summed E-state index contributed by atoms with van der Waals surface area (Å²) < 4.78 is 0. The number of hydrogen-bond donors (Lipinski definition) is 0. The number of ketones is 1. The van der Waals surface area contributed by atoms with Gasteiger partial charge in [-0.3, -0.25) is 4.79 Å². The molecule has 0 unspecified atom stereocenters. The lowest BCUT2D eigenvalue weighted by molar-refractivity contribution is 0.105. The van der Waals surface area contributed by atoms with Gasteiger partial charge in [-0.05, 0) is 35.2 Å². The first-order valence-corrected chi connectivity index (χ1v) is 7.94. The Bertz CT molecular complexity index is 721. The molecular formula is C17H12OS2. The van der Waals surface area contributed by atoms with E-state index in [0.29, 0.717) is 0 Å². The van der Waals surface area contributed by atoms with E-state index in [1.165, 1.54) is 4.88 Å². The molecule has 1 aromatic carbocycles. The van der Waals surface area contributed by atoms with Gasteiger partial charge in [0.05, 0.1) is 4.88 Å². The zero-order chi connectivity index (χ0) is 13.8. The Kier molecular flexibility index (Phi) is 3.90. The van der Waals surface area contributed by atoms with Gasteiger partial charge in [0.2, 0.25) is 0 Å². The van der Waals surface area contributed by atoms with Gasteiger partial charge >= 0.3 is 0 Å². The van der Waals surface area contributed by atoms with Gasteiger partial charge < -0.3 is 0 Å². The topological polar surface area (TPSA) is 17.1 Å². The molecule has 0 saturated heterocycles. The summed E-state index contributed by atoms with van der Waals surface area (Å²) in [6.07, 6.45) is 3.49. The van der Waals surface area contributed by atoms with Crippen LogP contribution in [0, 0.1) is 0 Å². The van der Waals surface area contributed by atoms with Crippen LogP contribution in [0.5, 0.6) is 0 Å². The molecule has 0 aliphatic rings. The van der Waals surface area contributed by atoms with Crippen molar-refractivity contribution in [2.75, 3.05) is 0 Å². The number of allylic oxidation sites excluding steroid dienone is 1. The lowest BCUT2D eigenvalue weighted by atomic mass is 10.2. The third kappa shape index (κ3) is 2.95. The fraction of sp³-hybridized carbons (Fsp3) is 0. The molecule has 2 heterocycles. The Morgan fingerprint density at radius 1 is 0.900 bits per heavy atom. The van der Waals surface area contributed by atoms with Gasteiger partial charge in [0.15, 0.2) is 5.78 Å². The van der Waals surface area contributed by atoms with E-state index < -0.39 is 0 Å². The van der Waals surface area contributed by atoms with Crippen LogP contribution >= 0.6 is 22.7 Å². The first-order valence-electron chi connectivity index (χ1n) is 6.24. The third-order valence-corrected chi connectivity index (χ3v) is 5.01. The molecule has 0 amide bonds. The van der Waals surface area contributed by atoms with Crippen LogP contribution < -0.4 is 0 Å². The standard InChI is InChI=1S/C17H12OS2/c18-14(9-8-13-5-2-1-3-6-13)15-10-11-17(20-15)16-7-4-12-19-16/h1-12H/b9-8+. The fourth-order valence-electron chi connectivity index (χ4n) is 1.84. The van der Waals surface area contributed by atoms with E-state index >= 15 is 0 Å². The van der Waals surface area contributed by atoms with E-state index in [1.807, 2.05) is 60.0 Å². The molecule has 20 heavy (non-hydrogen) atoms. The van der Waals surface area contributed by atoms with Crippen LogP contribution in [0.25, 0.3) is 15.8 Å². The summed E-state index contributed by atoms with van der Waals surface area (Å²) in [5, 5.41) is 2.05. The molecule has 0 bridgehead atoms. The Morgan fingerprint density at radius 3 is 2.50 bits per heavy atom. The molecule has 3 heteroatoms. The van der Waals surface area contributed by atoms with E-state index in [9.17, 15) is 4.79 Å². The highest BCUT2D eigenvalue weighted by Gasteiger charge is 2.08. The maximum absolute atomic E-state index is 12.1. The van der Waals surface area contributed by atoms with Gasteiger partial charge in [-0.1, -0.05) is 42.5 Å². The summed E-state index contributed by atoms with van der Waals surface area (Å²) >= 11 is 3.24. The number of carbonyl (C=O) groups is 1. The van der Waals surface area contributed by atoms with Crippen LogP contribution in [-0.4, -0.2) is 5.78 Å². The van der Waals surface area contributed by atoms with Crippen molar-refractivity contribution in [2.45, 2.75) is 0 Å². The average Bonchev–Trinajstić information content (AvgIpc) is 3.16. The normalized spacial score (nSPS) is 11.0. The summed E-state index contributed by atoms with van der Waals surface area (Å²) in [5.41, 5.74) is 1.04. The zero-order valence-corrected chi connectivity index (χ0v) is 12.3. The second-order valence-corrected chi connectivity index (χ2v) is 6.28. The predicted octanol–water partition coefficient (Wildman–Crippen LogP) is 5.37. The van der Waals surface area contributed by atoms with Crippen molar-refractivity contribution < 1.29 is 4.79 Å². The van der Waals surface area contributed by atoms with E-state index in [0.717, 1.165) is 15.3 Å². The molecule has 0 saturated carbocycles. The number of thiophene rings is 2. The average molecular weight is 296 g/mol. The number of carbonyl (C=O) groups excluding carboxylic acids is 1. The molecule has 0 N–H and O–H groups in total. The minimum absolute atomic E-state index is 0.0571. The van der Waals surface area contributed by atoms with E-state index in [-0.39, 0.29) is 5.78 Å². The van der Waals surface area contributed by atoms with E-state index in [1.54, 1.807) is 28.7 Å². The van der Waals surface area contributed by atoms with Gasteiger partial charge in [-0.25, -0.2) is 0 Å². The second-order valence-electron chi connectivity index (χ2n) is 4.25. The van der Waals surface area contributed by atoms with Gasteiger partial charge in [0, 0.05) is 9.75 Å². The van der Waals surface area contributed by atoms with Crippen molar-refractivity contribution in [3.63, 3.8) is 0 Å². The monoisotopic (exact) mass is 296 g/mol. The molecule has 0 fully saturated rings. The van der Waals surface area contributed by atoms with Crippen LogP contribution in [0.15, 0.2) is 66.1 Å². The molecule has 3 rings (SSSR count). The molecule has 0 radical (unpaired) electrons. The summed E-state index contributed by atoms with van der Waals surface area (Å²) in [5.74, 6) is 0.0571. The highest BCUT2D eigenvalue weighted by atomic mass is 32.1. The van der Waals surface area contributed by atoms with Gasteiger partial charge in [-0.2, -0.15) is 0 Å². The fourth-order valence-corrected chi connectivity index (χ4v) is 3.60. The van der Waals surface area contributed by atoms with Crippen molar-refractivity contribution in [1.29, 1.82) is 0 Å². The van der Waals surface area contributed by atoms with Crippen LogP contribution in [0.3, 0.4) is 0 Å². The molecule has 98 valence electrons. The van der Waals surface area contributed by atoms with Crippen molar-refractivity contribution >= 4 is 34.5 Å². The molecule has 2 aromatic heterocycles. The van der Waals surface area contributed by atoms with Gasteiger partial charge in [0.1, 0.15) is 0 Å². The number of benzene rings is 1. The van der Waals surface area contributed by atoms with E-state index in [4.69, 9.17) is 0 Å². The van der Waals surface area contributed by atoms with Crippen molar-refractivity contribution in [1.82, 2.24) is 0 Å². The minimum Gasteiger partial charge on any atom is -0.288 e. The molecule has 0 aliphatic heterocycles. The van der Waals surface area contributed by atoms with Gasteiger partial charge in [0.25, 0.3) is 0 Å². The maximum Gasteiger partial charge on any atom is 0.195 e. The van der Waals surface area contributed by atoms with Crippen LogP contribution in [0.2, 0.25) is 0 Å². The lowest BCUT2D eigenvalue weighted by Crippen LogP contribution is -1.88. The number of hydrogen-bond acceptors (Lipinski definition) is 3. The second kappa shape index (κ2) is 5.99. The van der Waals surface area contributed by atoms with Crippen molar-refractivity contribution in [3.8, 4) is 9.75 Å². The Morgan fingerprint density at radius 2 is 1.75 bits per heavy atom. The number of rotatable bonds is 4. The molecule has 0 spiro atoms. The molecule has 0 aliphatic carbocycles. The molecule has 1 nitrogen and oxygen atoms in total. The molecule has 0 atom stereocenters. The van der Waals surface area contributed by atoms with Crippen LogP contribution in [-0.2, 0) is 0 Å². The summed E-state index contributed by atoms with van der Waals surface area (Å²) in [7, 11) is 0. The van der Waals surface area contributed by atoms with Crippen molar-refractivity contribution in [3.05, 3.63) is 76.5 Å². The Labute approximate surface area is 125 Å². The Hall–Kier alpha value is -1.97. The lowest BCUT2D eigenvalue weighted by Gasteiger charge is -1.92. The highest BCUT2D eigenvalue weighted by Crippen LogP contribution is 2.31. The SMILES string of the molecule is O=C(/C=C/c1ccccc1)c1ccc(-c2cccs2)s1. The largest absolute Gasteiger partial charge is 0.288 e. The summed E-state index contributed by atoms with van der Waals surface area (Å²) in [4.78, 5) is 15.3. The maximum atomic E-state index is 12.1. The Balaban J connectivity index is 1.77. The van der Waals surface area contributed by atoms with Crippen LogP contribution in [0.4, 0.5) is 0 Å². The first-order chi connectivity index (χ1) is 9.83. The summed E-state index contributed by atoms with van der Waals surface area (Å²) in [6.45, 7) is 0. The molecule has 3 aromatic rings. The van der Waals surface area contributed by atoms with Crippen LogP contribution in [0.1, 0.15) is 15.2 Å². The van der Waals surface area contributed by atoms with Crippen molar-refractivity contribution in [2.24, 2.45) is 0 Å². The quantitative estimate of drug-likeness (QED) is 0.467. The van der Waals surface area contributed by atoms with Gasteiger partial charge in [-0.15, -0.1) is 22.7 Å². The highest BCUT2D eigenvalue weighted by molar-refractivity contribution is 7.22. The first kappa shape index (κ1) is 13.0. The molecular weight excluding hydrogens is 284 g/mol. The predicted molar refractivity (Wildman–Crippen MR) is 87.4 cm³/mol. The smallest absolute Gasteiger partial charge is 0.195 e. The van der Waals surface area contributed by atoms with E-state index in [2.05, 4.69) is 6.07 Å². The third-order valence-electron chi connectivity index (χ3n) is 2.84.